The fourth-order valence-electron chi connectivity index (χ4n) is 2.43. The molecule has 0 unspecified atom stereocenters. The Morgan fingerprint density at radius 1 is 1.33 bits per heavy atom. The Hall–Kier alpha value is -2.57. The molecule has 24 heavy (non-hydrogen) atoms. The van der Waals surface area contributed by atoms with Gasteiger partial charge < -0.3 is 14.8 Å². The Balaban J connectivity index is 1.93. The fraction of sp³-hybridized carbons (Fsp3) is 0.412. The largest absolute Gasteiger partial charge is 0.493 e. The van der Waals surface area contributed by atoms with E-state index in [0.717, 1.165) is 0 Å². The minimum Gasteiger partial charge on any atom is -0.493 e. The molecule has 0 bridgehead atoms. The van der Waals surface area contributed by atoms with Crippen LogP contribution in [0.2, 0.25) is 0 Å². The molecule has 0 spiro atoms. The molecule has 7 heteroatoms. The first-order valence-electron chi connectivity index (χ1n) is 7.73. The molecule has 1 atom stereocenters. The number of aromatic nitrogens is 2. The highest BCUT2D eigenvalue weighted by molar-refractivity contribution is 5.76. The maximum Gasteiger partial charge on any atom is 0.220 e. The summed E-state index contributed by atoms with van der Waals surface area (Å²) in [6, 6.07) is 4.17. The van der Waals surface area contributed by atoms with E-state index in [9.17, 15) is 9.18 Å². The van der Waals surface area contributed by atoms with Crippen molar-refractivity contribution in [1.82, 2.24) is 15.1 Å². The number of amides is 1. The first-order chi connectivity index (χ1) is 11.5. The maximum atomic E-state index is 14.2. The van der Waals surface area contributed by atoms with E-state index >= 15 is 0 Å². The van der Waals surface area contributed by atoms with Crippen molar-refractivity contribution in [3.8, 4) is 11.5 Å². The van der Waals surface area contributed by atoms with Crippen molar-refractivity contribution in [3.05, 3.63) is 42.0 Å². The van der Waals surface area contributed by atoms with Gasteiger partial charge in [0.15, 0.2) is 11.5 Å². The van der Waals surface area contributed by atoms with Gasteiger partial charge >= 0.3 is 0 Å². The van der Waals surface area contributed by atoms with Crippen LogP contribution < -0.4 is 14.8 Å². The zero-order chi connectivity index (χ0) is 17.5. The Kier molecular flexibility index (Phi) is 6.17. The quantitative estimate of drug-likeness (QED) is 0.805. The van der Waals surface area contributed by atoms with Gasteiger partial charge in [-0.15, -0.1) is 0 Å². The summed E-state index contributed by atoms with van der Waals surface area (Å²) in [6.07, 6.45) is 4.55. The highest BCUT2D eigenvalue weighted by atomic mass is 19.1. The predicted molar refractivity (Wildman–Crippen MR) is 87.5 cm³/mol. The van der Waals surface area contributed by atoms with Gasteiger partial charge in [0.2, 0.25) is 5.91 Å². The van der Waals surface area contributed by atoms with Gasteiger partial charge in [-0.05, 0) is 25.5 Å². The van der Waals surface area contributed by atoms with Crippen molar-refractivity contribution < 1.29 is 18.7 Å². The Morgan fingerprint density at radius 2 is 2.04 bits per heavy atom. The lowest BCUT2D eigenvalue weighted by molar-refractivity contribution is -0.121. The first kappa shape index (κ1) is 17.8. The summed E-state index contributed by atoms with van der Waals surface area (Å²) in [7, 11) is 2.93. The lowest BCUT2D eigenvalue weighted by Crippen LogP contribution is -2.27. The van der Waals surface area contributed by atoms with E-state index in [1.165, 1.54) is 20.3 Å². The molecule has 0 aliphatic heterocycles. The number of carbonyl (C=O) groups excluding carboxylic acids is 1. The summed E-state index contributed by atoms with van der Waals surface area (Å²) >= 11 is 0. The van der Waals surface area contributed by atoms with Crippen LogP contribution in [0.15, 0.2) is 30.6 Å². The third-order valence-corrected chi connectivity index (χ3v) is 3.70. The molecule has 0 fully saturated rings. The number of aryl methyl sites for hydroxylation is 1. The number of methoxy groups -OCH3 is 2. The Labute approximate surface area is 140 Å². The van der Waals surface area contributed by atoms with E-state index < -0.39 is 11.9 Å². The van der Waals surface area contributed by atoms with Crippen molar-refractivity contribution in [2.45, 2.75) is 32.4 Å². The van der Waals surface area contributed by atoms with Crippen molar-refractivity contribution in [3.63, 3.8) is 0 Å². The highest BCUT2D eigenvalue weighted by Gasteiger charge is 2.17. The van der Waals surface area contributed by atoms with Gasteiger partial charge in [0, 0.05) is 37.0 Å². The average Bonchev–Trinajstić information content (AvgIpc) is 3.07. The van der Waals surface area contributed by atoms with Crippen LogP contribution in [0.3, 0.4) is 0 Å². The number of hydrogen-bond acceptors (Lipinski definition) is 4. The monoisotopic (exact) mass is 335 g/mol. The molecule has 0 aliphatic carbocycles. The second kappa shape index (κ2) is 8.33. The Bertz CT molecular complexity index is 674. The number of nitrogens with zero attached hydrogens (tertiary/aromatic N) is 2. The number of rotatable bonds is 8. The van der Waals surface area contributed by atoms with Gasteiger partial charge in [0.25, 0.3) is 0 Å². The topological polar surface area (TPSA) is 65.4 Å². The smallest absolute Gasteiger partial charge is 0.220 e. The van der Waals surface area contributed by atoms with Crippen LogP contribution in [0.5, 0.6) is 11.5 Å². The van der Waals surface area contributed by atoms with Gasteiger partial charge in [-0.2, -0.15) is 5.10 Å². The minimum absolute atomic E-state index is 0.135. The molecule has 0 saturated carbocycles. The van der Waals surface area contributed by atoms with Gasteiger partial charge in [-0.25, -0.2) is 4.39 Å². The molecule has 0 radical (unpaired) electrons. The number of carbonyl (C=O) groups is 1. The van der Waals surface area contributed by atoms with Crippen molar-refractivity contribution in [2.75, 3.05) is 14.2 Å². The zero-order valence-electron chi connectivity index (χ0n) is 14.1. The molecule has 1 aromatic carbocycles. The predicted octanol–water partition coefficient (Wildman–Crippen LogP) is 2.70. The number of halogens is 1. The third kappa shape index (κ3) is 4.47. The van der Waals surface area contributed by atoms with Crippen molar-refractivity contribution >= 4 is 5.91 Å². The second-order valence-corrected chi connectivity index (χ2v) is 5.39. The van der Waals surface area contributed by atoms with E-state index in [2.05, 4.69) is 10.4 Å². The van der Waals surface area contributed by atoms with Crippen LogP contribution in [0.25, 0.3) is 0 Å². The summed E-state index contributed by atoms with van der Waals surface area (Å²) in [5.74, 6) is 0.158. The molecule has 130 valence electrons. The number of nitrogens with one attached hydrogen (secondary N) is 1. The molecule has 1 aromatic heterocycles. The number of benzene rings is 1. The van der Waals surface area contributed by atoms with Crippen molar-refractivity contribution in [1.29, 1.82) is 0 Å². The minimum atomic E-state index is -0.470. The normalized spacial score (nSPS) is 11.8. The second-order valence-electron chi connectivity index (χ2n) is 5.39. The first-order valence-corrected chi connectivity index (χ1v) is 7.73. The Morgan fingerprint density at radius 3 is 2.67 bits per heavy atom. The molecular formula is C17H22FN3O3. The van der Waals surface area contributed by atoms with Crippen LogP contribution in [-0.2, 0) is 11.3 Å². The SMILES string of the molecule is COc1cc(F)c([C@@H](C)NC(=O)CCCn2cccn2)cc1OC. The molecule has 1 amide bonds. The number of ether oxygens (including phenoxy) is 2. The van der Waals surface area contributed by atoms with Gasteiger partial charge in [0.05, 0.1) is 20.3 Å². The lowest BCUT2D eigenvalue weighted by atomic mass is 10.1. The van der Waals surface area contributed by atoms with E-state index in [0.29, 0.717) is 36.4 Å². The summed E-state index contributed by atoms with van der Waals surface area (Å²) < 4.78 is 26.2. The van der Waals surface area contributed by atoms with Crippen LogP contribution in [-0.4, -0.2) is 29.9 Å². The van der Waals surface area contributed by atoms with E-state index in [1.807, 2.05) is 12.3 Å². The standard InChI is InChI=1S/C17H22FN3O3/c1-12(13-10-15(23-2)16(24-3)11-14(13)18)20-17(22)6-4-8-21-9-5-7-19-21/h5,7,9-12H,4,6,8H2,1-3H3,(H,20,22)/t12-/m1/s1. The summed E-state index contributed by atoms with van der Waals surface area (Å²) in [5.41, 5.74) is 0.355. The average molecular weight is 335 g/mol. The summed E-state index contributed by atoms with van der Waals surface area (Å²) in [5, 5.41) is 6.88. The zero-order valence-corrected chi connectivity index (χ0v) is 14.1. The molecule has 0 aliphatic rings. The van der Waals surface area contributed by atoms with Gasteiger partial charge in [0.1, 0.15) is 5.82 Å². The summed E-state index contributed by atoms with van der Waals surface area (Å²) in [4.78, 5) is 12.0. The van der Waals surface area contributed by atoms with E-state index in [-0.39, 0.29) is 5.91 Å². The van der Waals surface area contributed by atoms with E-state index in [1.54, 1.807) is 23.9 Å². The number of hydrogen-bond donors (Lipinski definition) is 1. The molecule has 1 heterocycles. The van der Waals surface area contributed by atoms with Crippen LogP contribution in [0, 0.1) is 5.82 Å². The van der Waals surface area contributed by atoms with Crippen molar-refractivity contribution in [2.24, 2.45) is 0 Å². The molecular weight excluding hydrogens is 313 g/mol. The molecule has 0 saturated heterocycles. The lowest BCUT2D eigenvalue weighted by Gasteiger charge is -2.17. The van der Waals surface area contributed by atoms with E-state index in [4.69, 9.17) is 9.47 Å². The molecule has 2 aromatic rings. The van der Waals surface area contributed by atoms with Crippen LogP contribution in [0.1, 0.15) is 31.4 Å². The third-order valence-electron chi connectivity index (χ3n) is 3.70. The van der Waals surface area contributed by atoms with Gasteiger partial charge in [-0.1, -0.05) is 0 Å². The van der Waals surface area contributed by atoms with Gasteiger partial charge in [-0.3, -0.25) is 9.48 Å². The molecule has 2 rings (SSSR count). The van der Waals surface area contributed by atoms with Crippen LogP contribution >= 0.6 is 0 Å². The fourth-order valence-corrected chi connectivity index (χ4v) is 2.43. The molecule has 1 N–H and O–H groups in total. The highest BCUT2D eigenvalue weighted by Crippen LogP contribution is 2.32. The molecule has 6 nitrogen and oxygen atoms in total. The van der Waals surface area contributed by atoms with Crippen LogP contribution in [0.4, 0.5) is 4.39 Å². The summed E-state index contributed by atoms with van der Waals surface area (Å²) in [6.45, 7) is 2.40. The maximum absolute atomic E-state index is 14.2.